The van der Waals surface area contributed by atoms with Crippen LogP contribution in [0.25, 0.3) is 0 Å². The van der Waals surface area contributed by atoms with Gasteiger partial charge in [0.05, 0.1) is 12.3 Å². The maximum Gasteiger partial charge on any atom is 0.326 e. The van der Waals surface area contributed by atoms with E-state index in [1.165, 1.54) is 23.5 Å². The molecule has 1 heterocycles. The molecule has 1 aromatic heterocycles. The number of rotatable bonds is 6. The Hall–Kier alpha value is -1.93. The molecule has 0 saturated heterocycles. The Bertz CT molecular complexity index is 828. The fourth-order valence-corrected chi connectivity index (χ4v) is 5.16. The number of halogens is 1. The summed E-state index contributed by atoms with van der Waals surface area (Å²) in [6, 6.07) is 6.50. The van der Waals surface area contributed by atoms with E-state index in [0.29, 0.717) is 4.88 Å². The standard InChI is InChI=1S/C16H18FNO4S2/c1-4-22-16(19)10-18(14-7-5-13(17)6-8-14)24(20,21)15-9-11(2)23-12(15)3/h5-9H,4,10H2,1-3H3. The van der Waals surface area contributed by atoms with Crippen LogP contribution < -0.4 is 4.31 Å². The predicted molar refractivity (Wildman–Crippen MR) is 91.4 cm³/mol. The summed E-state index contributed by atoms with van der Waals surface area (Å²) in [5.41, 5.74) is 0.202. The minimum Gasteiger partial charge on any atom is -0.465 e. The Kier molecular flexibility index (Phi) is 5.61. The lowest BCUT2D eigenvalue weighted by atomic mass is 10.3. The second kappa shape index (κ2) is 7.31. The van der Waals surface area contributed by atoms with Crippen molar-refractivity contribution >= 4 is 33.0 Å². The number of nitrogens with zero attached hydrogens (tertiary/aromatic N) is 1. The quantitative estimate of drug-likeness (QED) is 0.731. The average molecular weight is 371 g/mol. The molecule has 24 heavy (non-hydrogen) atoms. The van der Waals surface area contributed by atoms with Crippen molar-refractivity contribution < 1.29 is 22.3 Å². The van der Waals surface area contributed by atoms with Crippen molar-refractivity contribution in [2.24, 2.45) is 0 Å². The average Bonchev–Trinajstić information content (AvgIpc) is 2.85. The number of carbonyl (C=O) groups excluding carboxylic acids is 1. The molecule has 0 fully saturated rings. The Balaban J connectivity index is 2.50. The summed E-state index contributed by atoms with van der Waals surface area (Å²) in [7, 11) is -3.97. The third-order valence-electron chi connectivity index (χ3n) is 3.26. The number of esters is 1. The molecule has 0 spiro atoms. The molecule has 1 aromatic carbocycles. The molecule has 8 heteroatoms. The third kappa shape index (κ3) is 3.93. The summed E-state index contributed by atoms with van der Waals surface area (Å²) in [5, 5.41) is 0. The van der Waals surface area contributed by atoms with Gasteiger partial charge in [-0.15, -0.1) is 11.3 Å². The topological polar surface area (TPSA) is 63.7 Å². The van der Waals surface area contributed by atoms with Gasteiger partial charge in [0.15, 0.2) is 0 Å². The normalized spacial score (nSPS) is 11.3. The molecule has 0 radical (unpaired) electrons. The summed E-state index contributed by atoms with van der Waals surface area (Å²) < 4.78 is 45.0. The summed E-state index contributed by atoms with van der Waals surface area (Å²) >= 11 is 1.36. The van der Waals surface area contributed by atoms with Crippen LogP contribution in [0.3, 0.4) is 0 Å². The van der Waals surface area contributed by atoms with Crippen LogP contribution in [0.15, 0.2) is 35.2 Å². The van der Waals surface area contributed by atoms with E-state index in [0.717, 1.165) is 21.3 Å². The third-order valence-corrected chi connectivity index (χ3v) is 6.25. The lowest BCUT2D eigenvalue weighted by molar-refractivity contribution is -0.141. The first-order valence-electron chi connectivity index (χ1n) is 7.26. The molecule has 0 unspecified atom stereocenters. The first-order chi connectivity index (χ1) is 11.3. The number of hydrogen-bond acceptors (Lipinski definition) is 5. The number of ether oxygens (including phenoxy) is 1. The van der Waals surface area contributed by atoms with Crippen LogP contribution in [0.2, 0.25) is 0 Å². The molecule has 130 valence electrons. The zero-order valence-corrected chi connectivity index (χ0v) is 15.2. The van der Waals surface area contributed by atoms with E-state index in [1.807, 2.05) is 6.92 Å². The van der Waals surface area contributed by atoms with Gasteiger partial charge in [0, 0.05) is 9.75 Å². The predicted octanol–water partition coefficient (Wildman–Crippen LogP) is 3.26. The lowest BCUT2D eigenvalue weighted by Gasteiger charge is -2.23. The van der Waals surface area contributed by atoms with E-state index in [1.54, 1.807) is 19.9 Å². The van der Waals surface area contributed by atoms with Crippen molar-refractivity contribution in [1.82, 2.24) is 0 Å². The highest BCUT2D eigenvalue weighted by Crippen LogP contribution is 2.30. The van der Waals surface area contributed by atoms with E-state index >= 15 is 0 Å². The van der Waals surface area contributed by atoms with Crippen LogP contribution in [-0.2, 0) is 19.6 Å². The van der Waals surface area contributed by atoms with Gasteiger partial charge in [-0.05, 0) is 51.1 Å². The first-order valence-corrected chi connectivity index (χ1v) is 9.52. The molecule has 0 aliphatic heterocycles. The maximum absolute atomic E-state index is 13.2. The highest BCUT2D eigenvalue weighted by molar-refractivity contribution is 7.93. The van der Waals surface area contributed by atoms with Gasteiger partial charge in [-0.2, -0.15) is 0 Å². The highest BCUT2D eigenvalue weighted by Gasteiger charge is 2.30. The molecule has 0 N–H and O–H groups in total. The summed E-state index contributed by atoms with van der Waals surface area (Å²) in [5.74, 6) is -1.16. The van der Waals surface area contributed by atoms with Crippen LogP contribution in [0.5, 0.6) is 0 Å². The lowest BCUT2D eigenvalue weighted by Crippen LogP contribution is -2.36. The fourth-order valence-electron chi connectivity index (χ4n) is 2.23. The highest BCUT2D eigenvalue weighted by atomic mass is 32.2. The minimum absolute atomic E-state index is 0.138. The molecule has 0 atom stereocenters. The second-order valence-electron chi connectivity index (χ2n) is 5.07. The number of carbonyl (C=O) groups is 1. The van der Waals surface area contributed by atoms with E-state index in [2.05, 4.69) is 0 Å². The Morgan fingerprint density at radius 2 is 1.88 bits per heavy atom. The number of aryl methyl sites for hydroxylation is 2. The van der Waals surface area contributed by atoms with Crippen LogP contribution in [-0.4, -0.2) is 27.5 Å². The van der Waals surface area contributed by atoms with Gasteiger partial charge < -0.3 is 4.74 Å². The Morgan fingerprint density at radius 1 is 1.25 bits per heavy atom. The number of benzene rings is 1. The number of anilines is 1. The fraction of sp³-hybridized carbons (Fsp3) is 0.312. The summed E-state index contributed by atoms with van der Waals surface area (Å²) in [4.78, 5) is 13.5. The molecule has 0 aliphatic carbocycles. The van der Waals surface area contributed by atoms with E-state index in [-0.39, 0.29) is 17.2 Å². The second-order valence-corrected chi connectivity index (χ2v) is 8.36. The van der Waals surface area contributed by atoms with Crippen molar-refractivity contribution in [3.8, 4) is 0 Å². The van der Waals surface area contributed by atoms with Gasteiger partial charge in [0.2, 0.25) is 0 Å². The summed E-state index contributed by atoms with van der Waals surface area (Å²) in [6.45, 7) is 4.83. The van der Waals surface area contributed by atoms with Crippen molar-refractivity contribution in [3.05, 3.63) is 45.9 Å². The van der Waals surface area contributed by atoms with Gasteiger partial charge >= 0.3 is 5.97 Å². The van der Waals surface area contributed by atoms with Gasteiger partial charge in [-0.25, -0.2) is 12.8 Å². The van der Waals surface area contributed by atoms with Gasteiger partial charge in [0.1, 0.15) is 17.3 Å². The Labute approximate surface area is 144 Å². The number of thiophene rings is 1. The van der Waals surface area contributed by atoms with Crippen LogP contribution >= 0.6 is 11.3 Å². The molecule has 2 aromatic rings. The summed E-state index contributed by atoms with van der Waals surface area (Å²) in [6.07, 6.45) is 0. The maximum atomic E-state index is 13.2. The Morgan fingerprint density at radius 3 is 2.38 bits per heavy atom. The smallest absolute Gasteiger partial charge is 0.326 e. The van der Waals surface area contributed by atoms with Gasteiger partial charge in [-0.1, -0.05) is 0 Å². The van der Waals surface area contributed by atoms with Crippen LogP contribution in [0.1, 0.15) is 16.7 Å². The number of hydrogen-bond donors (Lipinski definition) is 0. The molecule has 0 amide bonds. The SMILES string of the molecule is CCOC(=O)CN(c1ccc(F)cc1)S(=O)(=O)c1cc(C)sc1C. The van der Waals surface area contributed by atoms with E-state index in [4.69, 9.17) is 4.74 Å². The number of sulfonamides is 1. The van der Waals surface area contributed by atoms with Crippen LogP contribution in [0.4, 0.5) is 10.1 Å². The zero-order chi connectivity index (χ0) is 17.9. The zero-order valence-electron chi connectivity index (χ0n) is 13.6. The minimum atomic E-state index is -3.97. The van der Waals surface area contributed by atoms with Crippen molar-refractivity contribution in [1.29, 1.82) is 0 Å². The molecule has 5 nitrogen and oxygen atoms in total. The molecule has 0 bridgehead atoms. The van der Waals surface area contributed by atoms with Gasteiger partial charge in [-0.3, -0.25) is 9.10 Å². The molecule has 0 aliphatic rings. The monoisotopic (exact) mass is 371 g/mol. The molecule has 0 saturated carbocycles. The van der Waals surface area contributed by atoms with E-state index in [9.17, 15) is 17.6 Å². The molecular formula is C16H18FNO4S2. The van der Waals surface area contributed by atoms with E-state index < -0.39 is 28.4 Å². The van der Waals surface area contributed by atoms with Crippen molar-refractivity contribution in [3.63, 3.8) is 0 Å². The molecule has 2 rings (SSSR count). The largest absolute Gasteiger partial charge is 0.465 e. The van der Waals surface area contributed by atoms with Crippen LogP contribution in [0, 0.1) is 19.7 Å². The van der Waals surface area contributed by atoms with Crippen molar-refractivity contribution in [2.45, 2.75) is 25.7 Å². The van der Waals surface area contributed by atoms with Crippen molar-refractivity contribution in [2.75, 3.05) is 17.5 Å². The van der Waals surface area contributed by atoms with Gasteiger partial charge in [0.25, 0.3) is 10.0 Å². The first kappa shape index (κ1) is 18.4. The molecular weight excluding hydrogens is 353 g/mol.